The van der Waals surface area contributed by atoms with Crippen molar-refractivity contribution >= 4 is 72.3 Å². The van der Waals surface area contributed by atoms with Crippen LogP contribution >= 0.6 is 11.8 Å². The van der Waals surface area contributed by atoms with Gasteiger partial charge >= 0.3 is 0 Å². The molecule has 3 heteroatoms. The van der Waals surface area contributed by atoms with E-state index in [2.05, 4.69) is 144 Å². The van der Waals surface area contributed by atoms with Gasteiger partial charge in [-0.05, 0) is 70.3 Å². The second kappa shape index (κ2) is 8.76. The summed E-state index contributed by atoms with van der Waals surface area (Å²) >= 11 is 1.84. The molecule has 0 N–H and O–H groups in total. The Bertz CT molecular complexity index is 2310. The van der Waals surface area contributed by atoms with Gasteiger partial charge in [-0.25, -0.2) is 0 Å². The highest BCUT2D eigenvalue weighted by molar-refractivity contribution is 7.99. The van der Waals surface area contributed by atoms with Gasteiger partial charge in [-0.15, -0.1) is 0 Å². The fourth-order valence-electron chi connectivity index (χ4n) is 6.36. The Morgan fingerprint density at radius 2 is 1.12 bits per heavy atom. The van der Waals surface area contributed by atoms with Crippen LogP contribution in [0.25, 0.3) is 54.6 Å². The van der Waals surface area contributed by atoms with Crippen LogP contribution in [0.4, 0.5) is 17.1 Å². The van der Waals surface area contributed by atoms with Crippen molar-refractivity contribution in [3.05, 3.63) is 140 Å². The van der Waals surface area contributed by atoms with Gasteiger partial charge in [0.1, 0.15) is 11.2 Å². The van der Waals surface area contributed by atoms with Gasteiger partial charge in [0.25, 0.3) is 0 Å². The lowest BCUT2D eigenvalue weighted by Crippen LogP contribution is -2.11. The van der Waals surface area contributed by atoms with Gasteiger partial charge in [0.05, 0.1) is 11.4 Å². The van der Waals surface area contributed by atoms with E-state index in [0.717, 1.165) is 39.0 Å². The van der Waals surface area contributed by atoms with Crippen molar-refractivity contribution in [1.82, 2.24) is 0 Å². The monoisotopic (exact) mass is 541 g/mol. The molecule has 7 aromatic carbocycles. The molecule has 0 unspecified atom stereocenters. The Morgan fingerprint density at radius 1 is 0.463 bits per heavy atom. The van der Waals surface area contributed by atoms with E-state index in [1.165, 1.54) is 42.5 Å². The maximum atomic E-state index is 6.51. The SMILES string of the molecule is c1ccc2c(c1)Sc1cccc3cccc(c13)-c1ccccc1N2c1ccc2c(c1)oc1cc3ccccc3cc12. The zero-order valence-electron chi connectivity index (χ0n) is 22.0. The predicted octanol–water partition coefficient (Wildman–Crippen LogP) is 11.5. The van der Waals surface area contributed by atoms with Crippen LogP contribution in [0.1, 0.15) is 0 Å². The molecular formula is C38H23NOS. The van der Waals surface area contributed by atoms with Gasteiger partial charge in [0, 0.05) is 43.3 Å². The van der Waals surface area contributed by atoms with Crippen LogP contribution < -0.4 is 4.90 Å². The van der Waals surface area contributed by atoms with Crippen LogP contribution in [0.2, 0.25) is 0 Å². The van der Waals surface area contributed by atoms with Crippen molar-refractivity contribution in [3.63, 3.8) is 0 Å². The molecule has 0 radical (unpaired) electrons. The zero-order valence-corrected chi connectivity index (χ0v) is 22.9. The summed E-state index contributed by atoms with van der Waals surface area (Å²) in [5, 5.41) is 7.24. The van der Waals surface area contributed by atoms with E-state index in [4.69, 9.17) is 4.42 Å². The molecule has 2 nitrogen and oxygen atoms in total. The molecule has 41 heavy (non-hydrogen) atoms. The molecule has 0 bridgehead atoms. The third kappa shape index (κ3) is 3.46. The molecule has 2 heterocycles. The second-order valence-corrected chi connectivity index (χ2v) is 11.6. The zero-order chi connectivity index (χ0) is 26.9. The van der Waals surface area contributed by atoms with E-state index < -0.39 is 0 Å². The Kier molecular flexibility index (Phi) is 4.87. The summed E-state index contributed by atoms with van der Waals surface area (Å²) in [6, 6.07) is 50.3. The van der Waals surface area contributed by atoms with Crippen molar-refractivity contribution in [1.29, 1.82) is 0 Å². The van der Waals surface area contributed by atoms with Crippen molar-refractivity contribution < 1.29 is 4.42 Å². The number of para-hydroxylation sites is 2. The van der Waals surface area contributed by atoms with E-state index in [0.29, 0.717) is 0 Å². The van der Waals surface area contributed by atoms with Crippen molar-refractivity contribution in [3.8, 4) is 11.1 Å². The third-order valence-corrected chi connectivity index (χ3v) is 9.33. The number of nitrogens with zero attached hydrogens (tertiary/aromatic N) is 1. The highest BCUT2D eigenvalue weighted by Crippen LogP contribution is 2.51. The quantitative estimate of drug-likeness (QED) is 0.206. The summed E-state index contributed by atoms with van der Waals surface area (Å²) in [5.41, 5.74) is 7.62. The van der Waals surface area contributed by atoms with Gasteiger partial charge in [0.15, 0.2) is 0 Å². The highest BCUT2D eigenvalue weighted by atomic mass is 32.2. The van der Waals surface area contributed by atoms with Crippen LogP contribution in [0.5, 0.6) is 0 Å². The number of anilines is 3. The van der Waals surface area contributed by atoms with Crippen LogP contribution in [0, 0.1) is 0 Å². The Balaban J connectivity index is 1.34. The molecule has 1 aliphatic rings. The summed E-state index contributed by atoms with van der Waals surface area (Å²) in [6.45, 7) is 0. The van der Waals surface area contributed by atoms with Crippen molar-refractivity contribution in [2.24, 2.45) is 0 Å². The first kappa shape index (κ1) is 22.8. The van der Waals surface area contributed by atoms with Crippen LogP contribution in [0.15, 0.2) is 154 Å². The van der Waals surface area contributed by atoms with Crippen molar-refractivity contribution in [2.75, 3.05) is 4.90 Å². The topological polar surface area (TPSA) is 16.4 Å². The lowest BCUT2D eigenvalue weighted by molar-refractivity contribution is 0.669. The van der Waals surface area contributed by atoms with Gasteiger partial charge in [-0.1, -0.05) is 96.7 Å². The summed E-state index contributed by atoms with van der Waals surface area (Å²) in [6.07, 6.45) is 0. The van der Waals surface area contributed by atoms with Crippen LogP contribution in [-0.2, 0) is 0 Å². The fraction of sp³-hybridized carbons (Fsp3) is 0. The number of furan rings is 1. The molecule has 0 atom stereocenters. The molecule has 0 amide bonds. The molecule has 0 aliphatic carbocycles. The van der Waals surface area contributed by atoms with Crippen LogP contribution in [0.3, 0.4) is 0 Å². The number of benzene rings is 7. The lowest BCUT2D eigenvalue weighted by Gasteiger charge is -2.28. The molecule has 1 aromatic heterocycles. The normalized spacial score (nSPS) is 12.7. The first-order chi connectivity index (χ1) is 20.3. The van der Waals surface area contributed by atoms with Gasteiger partial charge in [0.2, 0.25) is 0 Å². The third-order valence-electron chi connectivity index (χ3n) is 8.21. The van der Waals surface area contributed by atoms with E-state index in [1.807, 2.05) is 11.8 Å². The largest absolute Gasteiger partial charge is 0.456 e. The molecule has 0 spiro atoms. The molecule has 8 aromatic rings. The molecule has 0 saturated heterocycles. The predicted molar refractivity (Wildman–Crippen MR) is 173 cm³/mol. The molecule has 0 fully saturated rings. The second-order valence-electron chi connectivity index (χ2n) is 10.6. The molecule has 1 aliphatic heterocycles. The first-order valence-corrected chi connectivity index (χ1v) is 14.7. The number of hydrogen-bond acceptors (Lipinski definition) is 3. The van der Waals surface area contributed by atoms with Crippen molar-refractivity contribution in [2.45, 2.75) is 9.79 Å². The lowest BCUT2D eigenvalue weighted by atomic mass is 9.96. The minimum atomic E-state index is 0.890. The average molecular weight is 542 g/mol. The van der Waals surface area contributed by atoms with E-state index in [-0.39, 0.29) is 0 Å². The highest BCUT2D eigenvalue weighted by Gasteiger charge is 2.24. The first-order valence-electron chi connectivity index (χ1n) is 13.9. The molecule has 9 rings (SSSR count). The minimum Gasteiger partial charge on any atom is -0.456 e. The van der Waals surface area contributed by atoms with Gasteiger partial charge in [-0.3, -0.25) is 0 Å². The van der Waals surface area contributed by atoms with E-state index in [9.17, 15) is 0 Å². The number of fused-ring (bicyclic) bond motifs is 7. The van der Waals surface area contributed by atoms with Gasteiger partial charge < -0.3 is 9.32 Å². The number of hydrogen-bond donors (Lipinski definition) is 0. The maximum Gasteiger partial charge on any atom is 0.137 e. The number of rotatable bonds is 1. The van der Waals surface area contributed by atoms with E-state index >= 15 is 0 Å². The molecular weight excluding hydrogens is 518 g/mol. The average Bonchev–Trinajstić information content (AvgIpc) is 3.39. The smallest absolute Gasteiger partial charge is 0.137 e. The Hall–Kier alpha value is -4.99. The molecule has 192 valence electrons. The Labute approximate surface area is 241 Å². The summed E-state index contributed by atoms with van der Waals surface area (Å²) in [4.78, 5) is 4.87. The summed E-state index contributed by atoms with van der Waals surface area (Å²) < 4.78 is 6.51. The van der Waals surface area contributed by atoms with Crippen LogP contribution in [-0.4, -0.2) is 0 Å². The fourth-order valence-corrected chi connectivity index (χ4v) is 7.48. The summed E-state index contributed by atoms with van der Waals surface area (Å²) in [7, 11) is 0. The maximum absolute atomic E-state index is 6.51. The summed E-state index contributed by atoms with van der Waals surface area (Å²) in [5.74, 6) is 0. The van der Waals surface area contributed by atoms with E-state index in [1.54, 1.807) is 0 Å². The minimum absolute atomic E-state index is 0.890. The molecule has 0 saturated carbocycles. The standard InChI is InChI=1S/C38H23NOS/c1-2-10-26-22-34-31(21-25(26)9-1)29-20-19-27(23-35(29)40-34)39-32-15-4-3-13-28(32)30-14-7-11-24-12-8-18-37(38(24)30)41-36-17-6-5-16-33(36)39/h1-23H. The van der Waals surface area contributed by atoms with Gasteiger partial charge in [-0.2, -0.15) is 0 Å². The Morgan fingerprint density at radius 3 is 2.02 bits per heavy atom.